The molecule has 1 unspecified atom stereocenters. The highest BCUT2D eigenvalue weighted by molar-refractivity contribution is 6.25. The average Bonchev–Trinajstić information content (AvgIpc) is 2.90. The fourth-order valence-corrected chi connectivity index (χ4v) is 4.08. The van der Waals surface area contributed by atoms with E-state index in [0.717, 1.165) is 18.0 Å². The van der Waals surface area contributed by atoms with Crippen LogP contribution in [0.25, 0.3) is 0 Å². The van der Waals surface area contributed by atoms with E-state index in [0.29, 0.717) is 17.5 Å². The van der Waals surface area contributed by atoms with Gasteiger partial charge < -0.3 is 10.2 Å². The van der Waals surface area contributed by atoms with Crippen molar-refractivity contribution in [2.45, 2.75) is 32.7 Å². The van der Waals surface area contributed by atoms with Crippen molar-refractivity contribution in [1.29, 1.82) is 0 Å². The van der Waals surface area contributed by atoms with Gasteiger partial charge >= 0.3 is 0 Å². The van der Waals surface area contributed by atoms with Gasteiger partial charge in [-0.3, -0.25) is 34.2 Å². The van der Waals surface area contributed by atoms with E-state index in [1.165, 1.54) is 6.07 Å². The number of likely N-dealkylation sites (tertiary alicyclic amines) is 1. The average molecular weight is 412 g/mol. The quantitative estimate of drug-likeness (QED) is 0.685. The maximum Gasteiger partial charge on any atom is 0.264 e. The van der Waals surface area contributed by atoms with Crippen molar-refractivity contribution >= 4 is 35.2 Å². The Labute approximate surface area is 173 Å². The topological polar surface area (TPSA) is 116 Å². The van der Waals surface area contributed by atoms with Crippen LogP contribution in [0.2, 0.25) is 0 Å². The predicted molar refractivity (Wildman–Crippen MR) is 107 cm³/mol. The number of fused-ring (bicyclic) bond motifs is 1. The molecule has 3 aliphatic rings. The Balaban J connectivity index is 1.47. The highest BCUT2D eigenvalue weighted by Crippen LogP contribution is 2.32. The molecule has 2 N–H and O–H groups in total. The van der Waals surface area contributed by atoms with Gasteiger partial charge in [0.2, 0.25) is 17.7 Å². The van der Waals surface area contributed by atoms with Gasteiger partial charge in [0.15, 0.2) is 0 Å². The molecule has 9 nitrogen and oxygen atoms in total. The van der Waals surface area contributed by atoms with Gasteiger partial charge in [-0.15, -0.1) is 0 Å². The number of nitrogens with zero attached hydrogens (tertiary/aromatic N) is 2. The van der Waals surface area contributed by atoms with Crippen LogP contribution in [0.4, 0.5) is 5.69 Å². The first-order chi connectivity index (χ1) is 14.3. The van der Waals surface area contributed by atoms with Gasteiger partial charge in [0.25, 0.3) is 11.8 Å². The van der Waals surface area contributed by atoms with Gasteiger partial charge in [-0.1, -0.05) is 19.9 Å². The molecule has 3 heterocycles. The Morgan fingerprint density at radius 3 is 2.57 bits per heavy atom. The third-order valence-electron chi connectivity index (χ3n) is 6.10. The molecule has 0 aromatic heterocycles. The third-order valence-corrected chi connectivity index (χ3v) is 6.10. The standard InChI is InChI=1S/C21H24N4O5/c1-11(2)12-9-24(10-12)17(27)8-22-14-5-3-4-13-18(14)21(30)25(20(13)29)15-6-7-16(26)23-19(15)28/h3-5,11-12,15,22H,6-10H2,1-2H3,(H,23,26,28). The van der Waals surface area contributed by atoms with Gasteiger partial charge in [0, 0.05) is 25.2 Å². The number of anilines is 1. The van der Waals surface area contributed by atoms with Crippen molar-refractivity contribution < 1.29 is 24.0 Å². The summed E-state index contributed by atoms with van der Waals surface area (Å²) < 4.78 is 0. The third kappa shape index (κ3) is 3.34. The molecule has 0 spiro atoms. The first-order valence-electron chi connectivity index (χ1n) is 10.1. The summed E-state index contributed by atoms with van der Waals surface area (Å²) in [5.74, 6) is -1.26. The molecule has 3 aliphatic heterocycles. The van der Waals surface area contributed by atoms with Crippen LogP contribution >= 0.6 is 0 Å². The van der Waals surface area contributed by atoms with Crippen LogP contribution in [0.5, 0.6) is 0 Å². The van der Waals surface area contributed by atoms with Gasteiger partial charge in [0.1, 0.15) is 6.04 Å². The predicted octanol–water partition coefficient (Wildman–Crippen LogP) is 0.614. The number of nitrogens with one attached hydrogen (secondary N) is 2. The number of benzene rings is 1. The molecule has 1 aromatic carbocycles. The molecule has 0 saturated carbocycles. The molecule has 1 aromatic rings. The molecule has 9 heteroatoms. The molecular formula is C21H24N4O5. The van der Waals surface area contributed by atoms with E-state index >= 15 is 0 Å². The van der Waals surface area contributed by atoms with E-state index < -0.39 is 29.7 Å². The lowest BCUT2D eigenvalue weighted by Crippen LogP contribution is -2.54. The number of piperidine rings is 1. The Kier molecular flexibility index (Phi) is 5.05. The summed E-state index contributed by atoms with van der Waals surface area (Å²) in [6.45, 7) is 5.74. The summed E-state index contributed by atoms with van der Waals surface area (Å²) in [5.41, 5.74) is 0.726. The minimum atomic E-state index is -1.02. The van der Waals surface area contributed by atoms with Crippen molar-refractivity contribution in [3.8, 4) is 0 Å². The van der Waals surface area contributed by atoms with Crippen LogP contribution in [-0.2, 0) is 14.4 Å². The minimum Gasteiger partial charge on any atom is -0.375 e. The molecule has 5 amide bonds. The van der Waals surface area contributed by atoms with Crippen LogP contribution in [0, 0.1) is 11.8 Å². The SMILES string of the molecule is CC(C)C1CN(C(=O)CNc2cccc3c2C(=O)N(C2CCC(=O)NC2=O)C3=O)C1. The molecule has 2 fully saturated rings. The Hall–Kier alpha value is -3.23. The van der Waals surface area contributed by atoms with E-state index in [2.05, 4.69) is 24.5 Å². The first kappa shape index (κ1) is 20.1. The molecule has 4 rings (SSSR count). The van der Waals surface area contributed by atoms with E-state index in [9.17, 15) is 24.0 Å². The fraction of sp³-hybridized carbons (Fsp3) is 0.476. The summed E-state index contributed by atoms with van der Waals surface area (Å²) in [5, 5.41) is 5.16. The van der Waals surface area contributed by atoms with Crippen molar-refractivity contribution in [2.75, 3.05) is 25.0 Å². The maximum atomic E-state index is 13.0. The van der Waals surface area contributed by atoms with Crippen LogP contribution in [0.15, 0.2) is 18.2 Å². The molecule has 158 valence electrons. The zero-order valence-electron chi connectivity index (χ0n) is 16.9. The van der Waals surface area contributed by atoms with Gasteiger partial charge in [-0.25, -0.2) is 0 Å². The molecule has 0 radical (unpaired) electrons. The second kappa shape index (κ2) is 7.55. The van der Waals surface area contributed by atoms with Crippen LogP contribution < -0.4 is 10.6 Å². The van der Waals surface area contributed by atoms with Crippen molar-refractivity contribution in [3.63, 3.8) is 0 Å². The van der Waals surface area contributed by atoms with E-state index in [1.807, 2.05) is 0 Å². The molecule has 30 heavy (non-hydrogen) atoms. The molecule has 1 atom stereocenters. The number of carbonyl (C=O) groups excluding carboxylic acids is 5. The number of amides is 5. The van der Waals surface area contributed by atoms with Gasteiger partial charge in [-0.2, -0.15) is 0 Å². The summed E-state index contributed by atoms with van der Waals surface area (Å²) >= 11 is 0. The van der Waals surface area contributed by atoms with Crippen molar-refractivity contribution in [2.24, 2.45) is 11.8 Å². The second-order valence-electron chi connectivity index (χ2n) is 8.33. The molecule has 0 bridgehead atoms. The lowest BCUT2D eigenvalue weighted by molar-refractivity contribution is -0.137. The normalized spacial score (nSPS) is 21.6. The van der Waals surface area contributed by atoms with Crippen LogP contribution in [-0.4, -0.2) is 65.0 Å². The van der Waals surface area contributed by atoms with E-state index in [1.54, 1.807) is 17.0 Å². The first-order valence-corrected chi connectivity index (χ1v) is 10.1. The Morgan fingerprint density at radius 1 is 1.17 bits per heavy atom. The summed E-state index contributed by atoms with van der Waals surface area (Å²) in [4.78, 5) is 64.5. The number of carbonyl (C=O) groups is 5. The molecule has 2 saturated heterocycles. The molecular weight excluding hydrogens is 388 g/mol. The maximum absolute atomic E-state index is 13.0. The minimum absolute atomic E-state index is 0.0150. The zero-order chi connectivity index (χ0) is 21.6. The van der Waals surface area contributed by atoms with Gasteiger partial charge in [0.05, 0.1) is 17.7 Å². The largest absolute Gasteiger partial charge is 0.375 e. The smallest absolute Gasteiger partial charge is 0.264 e. The highest BCUT2D eigenvalue weighted by atomic mass is 16.2. The Bertz CT molecular complexity index is 951. The van der Waals surface area contributed by atoms with E-state index in [-0.39, 0.29) is 36.4 Å². The summed E-state index contributed by atoms with van der Waals surface area (Å²) in [7, 11) is 0. The zero-order valence-corrected chi connectivity index (χ0v) is 16.9. The Morgan fingerprint density at radius 2 is 1.90 bits per heavy atom. The lowest BCUT2D eigenvalue weighted by atomic mass is 9.88. The lowest BCUT2D eigenvalue weighted by Gasteiger charge is -2.41. The number of imide groups is 2. The summed E-state index contributed by atoms with van der Waals surface area (Å²) in [6.07, 6.45) is 0.167. The summed E-state index contributed by atoms with van der Waals surface area (Å²) in [6, 6.07) is 3.78. The van der Waals surface area contributed by atoms with Crippen molar-refractivity contribution in [3.05, 3.63) is 29.3 Å². The number of hydrogen-bond acceptors (Lipinski definition) is 6. The van der Waals surface area contributed by atoms with Crippen molar-refractivity contribution in [1.82, 2.24) is 15.1 Å². The highest BCUT2D eigenvalue weighted by Gasteiger charge is 2.45. The fourth-order valence-electron chi connectivity index (χ4n) is 4.08. The number of hydrogen-bond donors (Lipinski definition) is 2. The van der Waals surface area contributed by atoms with E-state index in [4.69, 9.17) is 0 Å². The second-order valence-corrected chi connectivity index (χ2v) is 8.33. The molecule has 0 aliphatic carbocycles. The van der Waals surface area contributed by atoms with Crippen LogP contribution in [0.3, 0.4) is 0 Å². The van der Waals surface area contributed by atoms with Crippen LogP contribution in [0.1, 0.15) is 47.4 Å². The monoisotopic (exact) mass is 412 g/mol. The number of rotatable bonds is 5. The van der Waals surface area contributed by atoms with Gasteiger partial charge in [-0.05, 0) is 30.4 Å².